The number of aromatic nitrogens is 1. The summed E-state index contributed by atoms with van der Waals surface area (Å²) in [7, 11) is 1.73. The molecule has 0 aliphatic carbocycles. The normalized spacial score (nSPS) is 12.0. The number of aryl methyl sites for hydroxylation is 1. The van der Waals surface area contributed by atoms with E-state index in [0.717, 1.165) is 23.7 Å². The number of amides is 1. The van der Waals surface area contributed by atoms with Gasteiger partial charge in [-0.15, -0.1) is 22.7 Å². The molecule has 2 heterocycles. The molecule has 0 unspecified atom stereocenters. The van der Waals surface area contributed by atoms with Gasteiger partial charge in [0.2, 0.25) is 0 Å². The van der Waals surface area contributed by atoms with Crippen molar-refractivity contribution in [2.75, 3.05) is 26.7 Å². The Labute approximate surface area is 174 Å². The van der Waals surface area contributed by atoms with Crippen LogP contribution in [0.15, 0.2) is 22.5 Å². The molecule has 7 nitrogen and oxygen atoms in total. The minimum atomic E-state index is -0.491. The van der Waals surface area contributed by atoms with E-state index < -0.39 is 11.7 Å². The quantitative estimate of drug-likeness (QED) is 0.361. The van der Waals surface area contributed by atoms with Crippen molar-refractivity contribution >= 4 is 34.7 Å². The molecule has 0 saturated heterocycles. The molecule has 3 N–H and O–H groups in total. The molecule has 2 rings (SSSR count). The Morgan fingerprint density at radius 3 is 2.54 bits per heavy atom. The topological polar surface area (TPSA) is 87.6 Å². The van der Waals surface area contributed by atoms with E-state index in [2.05, 4.69) is 43.4 Å². The Kier molecular flexibility index (Phi) is 8.25. The van der Waals surface area contributed by atoms with Gasteiger partial charge in [0.1, 0.15) is 5.60 Å². The van der Waals surface area contributed by atoms with Crippen molar-refractivity contribution in [2.45, 2.75) is 39.7 Å². The molecule has 28 heavy (non-hydrogen) atoms. The fraction of sp³-hybridized carbons (Fsp3) is 0.526. The zero-order chi connectivity index (χ0) is 20.6. The number of ether oxygens (including phenoxy) is 1. The lowest BCUT2D eigenvalue weighted by Gasteiger charge is -2.19. The highest BCUT2D eigenvalue weighted by Crippen LogP contribution is 2.29. The SMILES string of the molecule is CN=C(NCCNC(=O)OC(C)(C)C)NCCc1ccc(-c2csc(C)n2)s1. The first kappa shape index (κ1) is 22.2. The van der Waals surface area contributed by atoms with E-state index in [1.54, 1.807) is 29.7 Å². The minimum absolute atomic E-state index is 0.416. The summed E-state index contributed by atoms with van der Waals surface area (Å²) in [6.45, 7) is 9.33. The van der Waals surface area contributed by atoms with Crippen LogP contribution in [0.25, 0.3) is 10.6 Å². The number of carbonyl (C=O) groups excluding carboxylic acids is 1. The lowest BCUT2D eigenvalue weighted by molar-refractivity contribution is 0.0529. The van der Waals surface area contributed by atoms with Gasteiger partial charge in [0, 0.05) is 36.9 Å². The van der Waals surface area contributed by atoms with Gasteiger partial charge in [0.15, 0.2) is 5.96 Å². The van der Waals surface area contributed by atoms with Crippen LogP contribution in [0.2, 0.25) is 0 Å². The summed E-state index contributed by atoms with van der Waals surface area (Å²) < 4.78 is 5.19. The second-order valence-electron chi connectivity index (χ2n) is 7.12. The van der Waals surface area contributed by atoms with Crippen molar-refractivity contribution in [3.05, 3.63) is 27.4 Å². The van der Waals surface area contributed by atoms with Crippen LogP contribution in [0.3, 0.4) is 0 Å². The van der Waals surface area contributed by atoms with Gasteiger partial charge < -0.3 is 20.7 Å². The highest BCUT2D eigenvalue weighted by Gasteiger charge is 2.15. The maximum atomic E-state index is 11.6. The monoisotopic (exact) mass is 423 g/mol. The van der Waals surface area contributed by atoms with Gasteiger partial charge in [-0.1, -0.05) is 0 Å². The molecule has 0 spiro atoms. The Morgan fingerprint density at radius 2 is 1.89 bits per heavy atom. The van der Waals surface area contributed by atoms with Gasteiger partial charge in [0.25, 0.3) is 0 Å². The van der Waals surface area contributed by atoms with E-state index in [4.69, 9.17) is 4.74 Å². The third kappa shape index (κ3) is 7.85. The molecule has 2 aromatic heterocycles. The minimum Gasteiger partial charge on any atom is -0.444 e. The molecule has 154 valence electrons. The first-order valence-corrected chi connectivity index (χ1v) is 10.9. The van der Waals surface area contributed by atoms with Gasteiger partial charge in [-0.05, 0) is 46.2 Å². The van der Waals surface area contributed by atoms with E-state index in [-0.39, 0.29) is 0 Å². The van der Waals surface area contributed by atoms with Gasteiger partial charge in [-0.25, -0.2) is 9.78 Å². The number of thiophene rings is 1. The summed E-state index contributed by atoms with van der Waals surface area (Å²) in [5.41, 5.74) is 0.566. The molecule has 0 aliphatic heterocycles. The lowest BCUT2D eigenvalue weighted by Crippen LogP contribution is -2.42. The summed E-state index contributed by atoms with van der Waals surface area (Å²) in [6.07, 6.45) is 0.492. The Balaban J connectivity index is 1.66. The predicted molar refractivity (Wildman–Crippen MR) is 117 cm³/mol. The third-order valence-corrected chi connectivity index (χ3v) is 5.45. The molecule has 9 heteroatoms. The standard InChI is InChI=1S/C19H29N5O2S2/c1-13-24-15(12-27-13)16-7-6-14(28-16)8-9-21-17(20-5)22-10-11-23-18(25)26-19(2,3)4/h6-7,12H,8-11H2,1-5H3,(H,23,25)(H2,20,21,22). The third-order valence-electron chi connectivity index (χ3n) is 3.51. The molecule has 0 saturated carbocycles. The summed E-state index contributed by atoms with van der Waals surface area (Å²) in [5, 5.41) is 12.4. The van der Waals surface area contributed by atoms with E-state index in [9.17, 15) is 4.79 Å². The molecule has 0 aliphatic rings. The summed E-state index contributed by atoms with van der Waals surface area (Å²) >= 11 is 3.44. The molecular weight excluding hydrogens is 394 g/mol. The van der Waals surface area contributed by atoms with Crippen LogP contribution in [-0.2, 0) is 11.2 Å². The van der Waals surface area contributed by atoms with Crippen molar-refractivity contribution < 1.29 is 9.53 Å². The fourth-order valence-corrected chi connectivity index (χ4v) is 3.97. The number of hydrogen-bond acceptors (Lipinski definition) is 6. The van der Waals surface area contributed by atoms with Crippen LogP contribution < -0.4 is 16.0 Å². The summed E-state index contributed by atoms with van der Waals surface area (Å²) in [6, 6.07) is 4.28. The highest BCUT2D eigenvalue weighted by atomic mass is 32.1. The van der Waals surface area contributed by atoms with Crippen molar-refractivity contribution in [3.63, 3.8) is 0 Å². The number of hydrogen-bond donors (Lipinski definition) is 3. The maximum Gasteiger partial charge on any atom is 0.407 e. The zero-order valence-electron chi connectivity index (χ0n) is 17.1. The Bertz CT molecular complexity index is 792. The smallest absolute Gasteiger partial charge is 0.407 e. The summed E-state index contributed by atoms with van der Waals surface area (Å²) in [4.78, 5) is 22.8. The van der Waals surface area contributed by atoms with Crippen molar-refractivity contribution in [1.29, 1.82) is 0 Å². The number of nitrogens with zero attached hydrogens (tertiary/aromatic N) is 2. The Morgan fingerprint density at radius 1 is 1.18 bits per heavy atom. The van der Waals surface area contributed by atoms with Crippen LogP contribution in [0, 0.1) is 6.92 Å². The van der Waals surface area contributed by atoms with E-state index in [1.165, 1.54) is 9.75 Å². The molecule has 0 aromatic carbocycles. The number of carbonyl (C=O) groups is 1. The maximum absolute atomic E-state index is 11.6. The van der Waals surface area contributed by atoms with Gasteiger partial charge >= 0.3 is 6.09 Å². The molecule has 0 atom stereocenters. The van der Waals surface area contributed by atoms with Crippen LogP contribution >= 0.6 is 22.7 Å². The zero-order valence-corrected chi connectivity index (χ0v) is 18.7. The lowest BCUT2D eigenvalue weighted by atomic mass is 10.2. The van der Waals surface area contributed by atoms with Gasteiger partial charge in [0.05, 0.1) is 15.6 Å². The van der Waals surface area contributed by atoms with E-state index in [1.807, 2.05) is 27.7 Å². The fourth-order valence-electron chi connectivity index (χ4n) is 2.31. The number of thiazole rings is 1. The van der Waals surface area contributed by atoms with Gasteiger partial charge in [-0.3, -0.25) is 4.99 Å². The van der Waals surface area contributed by atoms with Crippen LogP contribution in [0.5, 0.6) is 0 Å². The largest absolute Gasteiger partial charge is 0.444 e. The second kappa shape index (κ2) is 10.4. The molecule has 0 radical (unpaired) electrons. The number of alkyl carbamates (subject to hydrolysis) is 1. The number of aliphatic imine (C=N–C) groups is 1. The molecule has 1 amide bonds. The van der Waals surface area contributed by atoms with Crippen LogP contribution in [-0.4, -0.2) is 49.3 Å². The molecule has 2 aromatic rings. The van der Waals surface area contributed by atoms with Gasteiger partial charge in [-0.2, -0.15) is 0 Å². The van der Waals surface area contributed by atoms with E-state index in [0.29, 0.717) is 19.0 Å². The average molecular weight is 424 g/mol. The number of rotatable bonds is 7. The van der Waals surface area contributed by atoms with Crippen LogP contribution in [0.4, 0.5) is 4.79 Å². The number of guanidine groups is 1. The Hall–Kier alpha value is -2.13. The molecular formula is C19H29N5O2S2. The number of nitrogens with one attached hydrogen (secondary N) is 3. The first-order valence-electron chi connectivity index (χ1n) is 9.19. The average Bonchev–Trinajstić information content (AvgIpc) is 3.24. The summed E-state index contributed by atoms with van der Waals surface area (Å²) in [5.74, 6) is 0.706. The predicted octanol–water partition coefficient (Wildman–Crippen LogP) is 3.41. The van der Waals surface area contributed by atoms with E-state index >= 15 is 0 Å². The second-order valence-corrected chi connectivity index (χ2v) is 9.35. The highest BCUT2D eigenvalue weighted by molar-refractivity contribution is 7.16. The van der Waals surface area contributed by atoms with Crippen LogP contribution in [0.1, 0.15) is 30.7 Å². The first-order chi connectivity index (χ1) is 13.3. The van der Waals surface area contributed by atoms with Crippen molar-refractivity contribution in [3.8, 4) is 10.6 Å². The van der Waals surface area contributed by atoms with Crippen molar-refractivity contribution in [1.82, 2.24) is 20.9 Å². The van der Waals surface area contributed by atoms with Crippen molar-refractivity contribution in [2.24, 2.45) is 4.99 Å². The molecule has 0 bridgehead atoms. The molecule has 0 fully saturated rings.